The molecule has 2 amide bonds. The summed E-state index contributed by atoms with van der Waals surface area (Å²) in [5.74, 6) is 0.816. The average Bonchev–Trinajstić information content (AvgIpc) is 3.17. The topological polar surface area (TPSA) is 57.7 Å². The van der Waals surface area contributed by atoms with Crippen molar-refractivity contribution in [3.05, 3.63) is 53.1 Å². The van der Waals surface area contributed by atoms with Crippen LogP contribution in [0.5, 0.6) is 5.75 Å². The van der Waals surface area contributed by atoms with Crippen molar-refractivity contribution < 1.29 is 9.53 Å². The fourth-order valence-corrected chi connectivity index (χ4v) is 4.70. The highest BCUT2D eigenvalue weighted by molar-refractivity contribution is 7.22. The molecule has 1 N–H and O–H groups in total. The fraction of sp³-hybridized carbons (Fsp3) is 0.364. The maximum absolute atomic E-state index is 12.5. The summed E-state index contributed by atoms with van der Waals surface area (Å²) in [7, 11) is 1.65. The number of nitrogens with zero attached hydrogens (tertiary/aromatic N) is 3. The highest BCUT2D eigenvalue weighted by Gasteiger charge is 2.23. The van der Waals surface area contributed by atoms with E-state index in [2.05, 4.69) is 36.2 Å². The molecule has 4 rings (SSSR count). The van der Waals surface area contributed by atoms with Crippen LogP contribution in [0.4, 0.5) is 9.93 Å². The van der Waals surface area contributed by atoms with Crippen LogP contribution in [0.1, 0.15) is 16.7 Å². The Bertz CT molecular complexity index is 1010. The number of piperazine rings is 1. The smallest absolute Gasteiger partial charge is 0.317 e. The summed E-state index contributed by atoms with van der Waals surface area (Å²) >= 11 is 1.74. The highest BCUT2D eigenvalue weighted by Crippen LogP contribution is 2.32. The Morgan fingerprint density at radius 1 is 1.14 bits per heavy atom. The molecule has 1 fully saturated rings. The average molecular weight is 411 g/mol. The van der Waals surface area contributed by atoms with Crippen molar-refractivity contribution in [2.24, 2.45) is 0 Å². The number of hydrogen-bond acceptors (Lipinski definition) is 5. The number of nitrogens with one attached hydrogen (secondary N) is 1. The lowest BCUT2D eigenvalue weighted by molar-refractivity contribution is 0.194. The highest BCUT2D eigenvalue weighted by atomic mass is 32.1. The van der Waals surface area contributed by atoms with E-state index < -0.39 is 0 Å². The molecule has 0 atom stereocenters. The van der Waals surface area contributed by atoms with Crippen LogP contribution in [0.15, 0.2) is 36.4 Å². The van der Waals surface area contributed by atoms with Crippen LogP contribution in [0.2, 0.25) is 0 Å². The van der Waals surface area contributed by atoms with Gasteiger partial charge in [-0.2, -0.15) is 0 Å². The molecule has 3 aromatic rings. The molecule has 6 nitrogen and oxygen atoms in total. The summed E-state index contributed by atoms with van der Waals surface area (Å²) in [6, 6.07) is 12.1. The van der Waals surface area contributed by atoms with Crippen molar-refractivity contribution >= 4 is 32.7 Å². The number of amides is 2. The van der Waals surface area contributed by atoms with Crippen LogP contribution in [-0.2, 0) is 6.54 Å². The van der Waals surface area contributed by atoms with E-state index in [1.807, 2.05) is 29.2 Å². The van der Waals surface area contributed by atoms with E-state index in [9.17, 15) is 4.79 Å². The van der Waals surface area contributed by atoms with E-state index in [1.54, 1.807) is 18.4 Å². The molecule has 0 aliphatic carbocycles. The molecule has 0 saturated carbocycles. The Labute approximate surface area is 175 Å². The maximum Gasteiger partial charge on any atom is 0.317 e. The predicted octanol–water partition coefficient (Wildman–Crippen LogP) is 3.95. The quantitative estimate of drug-likeness (QED) is 0.708. The summed E-state index contributed by atoms with van der Waals surface area (Å²) in [5, 5.41) is 4.06. The molecular formula is C22H26N4O2S. The Morgan fingerprint density at radius 3 is 2.55 bits per heavy atom. The third kappa shape index (κ3) is 4.29. The van der Waals surface area contributed by atoms with Gasteiger partial charge in [0.25, 0.3) is 0 Å². The predicted molar refractivity (Wildman–Crippen MR) is 118 cm³/mol. The zero-order chi connectivity index (χ0) is 20.4. The minimum absolute atomic E-state index is 0.0174. The summed E-state index contributed by atoms with van der Waals surface area (Å²) in [6.07, 6.45) is 0. The minimum Gasteiger partial charge on any atom is -0.497 e. The lowest BCUT2D eigenvalue weighted by Gasteiger charge is -2.34. The third-order valence-electron chi connectivity index (χ3n) is 5.25. The number of benzene rings is 2. The standard InChI is InChI=1S/C22H26N4O2S/c1-15-12-16(2)20-19(13-15)24-22(29-20)26-10-8-25(9-11-26)21(27)23-14-17-4-6-18(28-3)7-5-17/h4-7,12-13H,8-11,14H2,1-3H3,(H,23,27). The number of methoxy groups -OCH3 is 1. The fourth-order valence-electron chi connectivity index (χ4n) is 3.63. The van der Waals surface area contributed by atoms with Gasteiger partial charge in [0.1, 0.15) is 5.75 Å². The second-order valence-corrected chi connectivity index (χ2v) is 8.38. The Balaban J connectivity index is 1.32. The molecule has 0 spiro atoms. The van der Waals surface area contributed by atoms with Crippen molar-refractivity contribution in [1.82, 2.24) is 15.2 Å². The van der Waals surface area contributed by atoms with Crippen molar-refractivity contribution in [2.75, 3.05) is 38.2 Å². The van der Waals surface area contributed by atoms with E-state index in [1.165, 1.54) is 15.8 Å². The number of thiazole rings is 1. The van der Waals surface area contributed by atoms with Crippen LogP contribution < -0.4 is 15.0 Å². The number of ether oxygens (including phenoxy) is 1. The first-order valence-corrected chi connectivity index (χ1v) is 10.6. The minimum atomic E-state index is -0.0174. The van der Waals surface area contributed by atoms with Gasteiger partial charge in [0.2, 0.25) is 0 Å². The Kier molecular flexibility index (Phi) is 5.58. The van der Waals surface area contributed by atoms with Gasteiger partial charge in [-0.25, -0.2) is 9.78 Å². The van der Waals surface area contributed by atoms with Crippen molar-refractivity contribution in [1.29, 1.82) is 0 Å². The molecule has 1 aromatic heterocycles. The third-order valence-corrected chi connectivity index (χ3v) is 6.52. The summed E-state index contributed by atoms with van der Waals surface area (Å²) in [5.41, 5.74) is 4.64. The largest absolute Gasteiger partial charge is 0.497 e. The molecule has 0 unspecified atom stereocenters. The number of fused-ring (bicyclic) bond motifs is 1. The number of carbonyl (C=O) groups is 1. The molecule has 2 aromatic carbocycles. The first kappa shape index (κ1) is 19.5. The number of anilines is 1. The summed E-state index contributed by atoms with van der Waals surface area (Å²) in [4.78, 5) is 21.5. The molecule has 29 heavy (non-hydrogen) atoms. The Morgan fingerprint density at radius 2 is 1.86 bits per heavy atom. The first-order valence-electron chi connectivity index (χ1n) is 9.82. The summed E-state index contributed by atoms with van der Waals surface area (Å²) in [6.45, 7) is 7.75. The van der Waals surface area contributed by atoms with E-state index in [0.717, 1.165) is 35.1 Å². The number of urea groups is 1. The van der Waals surface area contributed by atoms with Gasteiger partial charge < -0.3 is 19.9 Å². The van der Waals surface area contributed by atoms with Gasteiger partial charge in [0.15, 0.2) is 5.13 Å². The molecule has 0 bridgehead atoms. The van der Waals surface area contributed by atoms with Gasteiger partial charge in [-0.1, -0.05) is 29.5 Å². The van der Waals surface area contributed by atoms with Crippen LogP contribution in [0.3, 0.4) is 0 Å². The van der Waals surface area contributed by atoms with Crippen LogP contribution in [-0.4, -0.2) is 49.2 Å². The first-order chi connectivity index (χ1) is 14.0. The number of carbonyl (C=O) groups excluding carboxylic acids is 1. The SMILES string of the molecule is COc1ccc(CNC(=O)N2CCN(c3nc4cc(C)cc(C)c4s3)CC2)cc1. The molecular weight excluding hydrogens is 384 g/mol. The molecule has 1 aliphatic heterocycles. The lowest BCUT2D eigenvalue weighted by atomic mass is 10.1. The van der Waals surface area contributed by atoms with E-state index in [-0.39, 0.29) is 6.03 Å². The number of aryl methyl sites for hydroxylation is 2. The van der Waals surface area contributed by atoms with Gasteiger partial charge in [-0.05, 0) is 48.7 Å². The number of aromatic nitrogens is 1. The molecule has 152 valence electrons. The van der Waals surface area contributed by atoms with Crippen LogP contribution >= 0.6 is 11.3 Å². The number of rotatable bonds is 4. The van der Waals surface area contributed by atoms with Gasteiger partial charge in [0, 0.05) is 32.7 Å². The zero-order valence-electron chi connectivity index (χ0n) is 17.1. The van der Waals surface area contributed by atoms with Gasteiger partial charge in [-0.15, -0.1) is 0 Å². The van der Waals surface area contributed by atoms with E-state index >= 15 is 0 Å². The second kappa shape index (κ2) is 8.29. The zero-order valence-corrected chi connectivity index (χ0v) is 17.9. The molecule has 7 heteroatoms. The van der Waals surface area contributed by atoms with Crippen molar-refractivity contribution in [3.63, 3.8) is 0 Å². The van der Waals surface area contributed by atoms with Crippen LogP contribution in [0.25, 0.3) is 10.2 Å². The van der Waals surface area contributed by atoms with E-state index in [0.29, 0.717) is 19.6 Å². The summed E-state index contributed by atoms with van der Waals surface area (Å²) < 4.78 is 6.42. The monoisotopic (exact) mass is 410 g/mol. The van der Waals surface area contributed by atoms with E-state index in [4.69, 9.17) is 9.72 Å². The van der Waals surface area contributed by atoms with Crippen molar-refractivity contribution in [2.45, 2.75) is 20.4 Å². The maximum atomic E-state index is 12.5. The Hall–Kier alpha value is -2.80. The van der Waals surface area contributed by atoms with Crippen molar-refractivity contribution in [3.8, 4) is 5.75 Å². The molecule has 1 saturated heterocycles. The lowest BCUT2D eigenvalue weighted by Crippen LogP contribution is -2.51. The molecule has 1 aliphatic rings. The normalized spacial score (nSPS) is 14.3. The van der Waals surface area contributed by atoms with Crippen LogP contribution in [0, 0.1) is 13.8 Å². The number of hydrogen-bond donors (Lipinski definition) is 1. The van der Waals surface area contributed by atoms with Gasteiger partial charge >= 0.3 is 6.03 Å². The molecule has 0 radical (unpaired) electrons. The molecule has 2 heterocycles. The van der Waals surface area contributed by atoms with Gasteiger partial charge in [-0.3, -0.25) is 0 Å². The second-order valence-electron chi connectivity index (χ2n) is 7.41. The van der Waals surface area contributed by atoms with Gasteiger partial charge in [0.05, 0.1) is 17.3 Å².